The van der Waals surface area contributed by atoms with Gasteiger partial charge in [-0.3, -0.25) is 4.79 Å². The molecule has 1 heterocycles. The molecule has 29 heavy (non-hydrogen) atoms. The van der Waals surface area contributed by atoms with Crippen molar-refractivity contribution in [3.63, 3.8) is 0 Å². The molecule has 3 N–H and O–H groups in total. The van der Waals surface area contributed by atoms with Crippen LogP contribution in [0.4, 0.5) is 5.69 Å². The molecule has 1 amide bonds. The Morgan fingerprint density at radius 2 is 2.03 bits per heavy atom. The summed E-state index contributed by atoms with van der Waals surface area (Å²) in [6.07, 6.45) is 7.94. The van der Waals surface area contributed by atoms with Crippen LogP contribution in [0.2, 0.25) is 5.02 Å². The molecule has 150 valence electrons. The van der Waals surface area contributed by atoms with E-state index in [1.54, 1.807) is 23.1 Å². The van der Waals surface area contributed by atoms with Crippen molar-refractivity contribution in [3.05, 3.63) is 70.8 Å². The van der Waals surface area contributed by atoms with Crippen LogP contribution in [0.15, 0.2) is 49.1 Å². The smallest absolute Gasteiger partial charge is 0.279 e. The van der Waals surface area contributed by atoms with Crippen molar-refractivity contribution >= 4 is 23.2 Å². The lowest BCUT2D eigenvalue weighted by Gasteiger charge is -2.18. The first-order valence-electron chi connectivity index (χ1n) is 9.99. The number of nitrogens with one attached hydrogen (secondary N) is 1. The van der Waals surface area contributed by atoms with E-state index in [1.165, 1.54) is 42.3 Å². The first-order chi connectivity index (χ1) is 14.1. The molecule has 1 aliphatic carbocycles. The van der Waals surface area contributed by atoms with Crippen molar-refractivity contribution in [3.8, 4) is 5.69 Å². The van der Waals surface area contributed by atoms with Gasteiger partial charge in [-0.1, -0.05) is 23.7 Å². The molecule has 1 aromatic heterocycles. The van der Waals surface area contributed by atoms with Crippen LogP contribution in [-0.2, 0) is 17.6 Å². The van der Waals surface area contributed by atoms with Crippen LogP contribution in [0.3, 0.4) is 0 Å². The molecule has 7 heteroatoms. The number of hydrogen-bond donors (Lipinski definition) is 2. The molecule has 3 aromatic rings. The number of amides is 1. The van der Waals surface area contributed by atoms with Gasteiger partial charge in [0.1, 0.15) is 18.7 Å². The number of nitrogens with zero attached hydrogens (tertiary/aromatic N) is 3. The standard InChI is InChI=1S/C22H24ClN5O/c1-15(17-7-6-16-4-2-3-5-18(16)10-17)25-12-22(29)27-20-11-19(23)8-9-21(20)28-14-24-13-26-28/h6-11,13-15,25H,2-5,12H2,1H3,(H,27,29)/p+1. The van der Waals surface area contributed by atoms with Gasteiger partial charge in [0.15, 0.2) is 6.54 Å². The molecule has 1 atom stereocenters. The van der Waals surface area contributed by atoms with Crippen molar-refractivity contribution in [2.45, 2.75) is 38.6 Å². The number of rotatable bonds is 6. The van der Waals surface area contributed by atoms with E-state index in [9.17, 15) is 4.79 Å². The number of nitrogens with two attached hydrogens (primary N) is 1. The highest BCUT2D eigenvalue weighted by atomic mass is 35.5. The molecule has 0 saturated carbocycles. The average Bonchev–Trinajstić information content (AvgIpc) is 3.26. The molecule has 2 aromatic carbocycles. The lowest BCUT2D eigenvalue weighted by Crippen LogP contribution is -2.86. The molecule has 0 fully saturated rings. The summed E-state index contributed by atoms with van der Waals surface area (Å²) >= 11 is 6.12. The number of carbonyl (C=O) groups excluding carboxylic acids is 1. The monoisotopic (exact) mass is 410 g/mol. The maximum absolute atomic E-state index is 12.6. The normalized spacial score (nSPS) is 14.3. The Kier molecular flexibility index (Phi) is 5.92. The van der Waals surface area contributed by atoms with Gasteiger partial charge in [0.05, 0.1) is 11.4 Å². The number of benzene rings is 2. The molecule has 0 spiro atoms. The summed E-state index contributed by atoms with van der Waals surface area (Å²) in [7, 11) is 0. The Morgan fingerprint density at radius 1 is 1.21 bits per heavy atom. The number of fused-ring (bicyclic) bond motifs is 1. The van der Waals surface area contributed by atoms with Gasteiger partial charge in [-0.25, -0.2) is 9.67 Å². The van der Waals surface area contributed by atoms with E-state index in [0.717, 1.165) is 12.1 Å². The summed E-state index contributed by atoms with van der Waals surface area (Å²) in [5.41, 5.74) is 5.55. The maximum Gasteiger partial charge on any atom is 0.279 e. The summed E-state index contributed by atoms with van der Waals surface area (Å²) < 4.78 is 1.60. The van der Waals surface area contributed by atoms with Crippen LogP contribution in [0.25, 0.3) is 5.69 Å². The van der Waals surface area contributed by atoms with E-state index in [2.05, 4.69) is 45.8 Å². The second-order valence-electron chi connectivity index (χ2n) is 7.51. The number of quaternary nitrogens is 1. The van der Waals surface area contributed by atoms with Crippen LogP contribution in [0.5, 0.6) is 0 Å². The predicted octanol–water partition coefficient (Wildman–Crippen LogP) is 3.06. The molecule has 0 radical (unpaired) electrons. The second-order valence-corrected chi connectivity index (χ2v) is 7.95. The quantitative estimate of drug-likeness (QED) is 0.655. The van der Waals surface area contributed by atoms with Crippen molar-refractivity contribution in [1.29, 1.82) is 0 Å². The zero-order valence-electron chi connectivity index (χ0n) is 16.4. The van der Waals surface area contributed by atoms with E-state index in [0.29, 0.717) is 17.3 Å². The molecule has 0 saturated heterocycles. The van der Waals surface area contributed by atoms with Crippen LogP contribution in [0.1, 0.15) is 42.5 Å². The van der Waals surface area contributed by atoms with Gasteiger partial charge in [0.2, 0.25) is 0 Å². The highest BCUT2D eigenvalue weighted by Gasteiger charge is 2.16. The highest BCUT2D eigenvalue weighted by Crippen LogP contribution is 2.25. The fraction of sp³-hybridized carbons (Fsp3) is 0.318. The molecule has 0 aliphatic heterocycles. The Balaban J connectivity index is 1.40. The third-order valence-corrected chi connectivity index (χ3v) is 5.69. The van der Waals surface area contributed by atoms with Crippen LogP contribution >= 0.6 is 11.6 Å². The summed E-state index contributed by atoms with van der Waals surface area (Å²) in [6, 6.07) is 12.3. The lowest BCUT2D eigenvalue weighted by atomic mass is 9.89. The van der Waals surface area contributed by atoms with Gasteiger partial charge in [0.25, 0.3) is 5.91 Å². The van der Waals surface area contributed by atoms with E-state index in [4.69, 9.17) is 11.6 Å². The van der Waals surface area contributed by atoms with E-state index >= 15 is 0 Å². The second kappa shape index (κ2) is 8.76. The molecule has 6 nitrogen and oxygen atoms in total. The molecular weight excluding hydrogens is 386 g/mol. The Bertz CT molecular complexity index is 1000. The molecular formula is C22H25ClN5O+. The van der Waals surface area contributed by atoms with Gasteiger partial charge in [-0.2, -0.15) is 5.10 Å². The molecule has 1 aliphatic rings. The van der Waals surface area contributed by atoms with Crippen LogP contribution in [0, 0.1) is 0 Å². The summed E-state index contributed by atoms with van der Waals surface area (Å²) in [4.78, 5) is 16.5. The molecule has 4 rings (SSSR count). The van der Waals surface area contributed by atoms with Crippen molar-refractivity contribution in [1.82, 2.24) is 14.8 Å². The number of aryl methyl sites for hydroxylation is 2. The minimum atomic E-state index is -0.0848. The summed E-state index contributed by atoms with van der Waals surface area (Å²) in [5.74, 6) is -0.0848. The number of hydrogen-bond acceptors (Lipinski definition) is 3. The SMILES string of the molecule is CC([NH2+]CC(=O)Nc1cc(Cl)ccc1-n1cncn1)c1ccc2c(c1)CCCC2. The highest BCUT2D eigenvalue weighted by molar-refractivity contribution is 6.31. The van der Waals surface area contributed by atoms with Crippen molar-refractivity contribution < 1.29 is 10.1 Å². The predicted molar refractivity (Wildman–Crippen MR) is 113 cm³/mol. The fourth-order valence-corrected chi connectivity index (χ4v) is 3.97. The molecule has 1 unspecified atom stereocenters. The zero-order chi connectivity index (χ0) is 20.2. The summed E-state index contributed by atoms with van der Waals surface area (Å²) in [6.45, 7) is 2.46. The largest absolute Gasteiger partial charge is 0.333 e. The number of halogens is 1. The zero-order valence-corrected chi connectivity index (χ0v) is 17.2. The van der Waals surface area contributed by atoms with Crippen LogP contribution in [-0.4, -0.2) is 27.2 Å². The third kappa shape index (κ3) is 4.66. The lowest BCUT2D eigenvalue weighted by molar-refractivity contribution is -0.682. The minimum absolute atomic E-state index is 0.0848. The van der Waals surface area contributed by atoms with Gasteiger partial charge in [-0.05, 0) is 68.0 Å². The van der Waals surface area contributed by atoms with Crippen LogP contribution < -0.4 is 10.6 Å². The maximum atomic E-state index is 12.6. The van der Waals surface area contributed by atoms with Gasteiger partial charge >= 0.3 is 0 Å². The van der Waals surface area contributed by atoms with Crippen molar-refractivity contribution in [2.75, 3.05) is 11.9 Å². The Labute approximate surface area is 175 Å². The third-order valence-electron chi connectivity index (χ3n) is 5.45. The first kappa shape index (κ1) is 19.6. The Morgan fingerprint density at radius 3 is 2.83 bits per heavy atom. The van der Waals surface area contributed by atoms with Gasteiger partial charge in [-0.15, -0.1) is 0 Å². The van der Waals surface area contributed by atoms with E-state index in [1.807, 2.05) is 6.07 Å². The van der Waals surface area contributed by atoms with Crippen molar-refractivity contribution in [2.24, 2.45) is 0 Å². The minimum Gasteiger partial charge on any atom is -0.333 e. The number of anilines is 1. The van der Waals surface area contributed by atoms with E-state index < -0.39 is 0 Å². The average molecular weight is 411 g/mol. The van der Waals surface area contributed by atoms with Gasteiger partial charge in [0, 0.05) is 10.6 Å². The Hall–Kier alpha value is -2.70. The van der Waals surface area contributed by atoms with E-state index in [-0.39, 0.29) is 11.9 Å². The first-order valence-corrected chi connectivity index (χ1v) is 10.4. The summed E-state index contributed by atoms with van der Waals surface area (Å²) in [5, 5.41) is 9.70. The number of aromatic nitrogens is 3. The molecule has 0 bridgehead atoms. The number of carbonyl (C=O) groups is 1. The van der Waals surface area contributed by atoms with Gasteiger partial charge < -0.3 is 10.6 Å². The fourth-order valence-electron chi connectivity index (χ4n) is 3.80. The topological polar surface area (TPSA) is 76.4 Å².